The molecule has 1 aliphatic heterocycles. The maximum Gasteiger partial charge on any atom is 0.321 e. The van der Waals surface area contributed by atoms with Crippen LogP contribution in [0.3, 0.4) is 0 Å². The van der Waals surface area contributed by atoms with E-state index in [1.165, 1.54) is 0 Å². The molecule has 1 saturated heterocycles. The maximum atomic E-state index is 10.6. The van der Waals surface area contributed by atoms with Crippen LogP contribution in [0.4, 0.5) is 0 Å². The number of nitrogens with zero attached hydrogens (tertiary/aromatic N) is 4. The van der Waals surface area contributed by atoms with Crippen molar-refractivity contribution in [2.45, 2.75) is 16.5 Å². The van der Waals surface area contributed by atoms with Gasteiger partial charge in [-0.2, -0.15) is 21.0 Å². The van der Waals surface area contributed by atoms with Gasteiger partial charge in [0.2, 0.25) is 0 Å². The fourth-order valence-corrected chi connectivity index (χ4v) is 2.61. The third-order valence-electron chi connectivity index (χ3n) is 3.79. The van der Waals surface area contributed by atoms with Crippen LogP contribution >= 0.6 is 15.9 Å². The van der Waals surface area contributed by atoms with Crippen LogP contribution in [-0.4, -0.2) is 16.7 Å². The normalized spacial score (nSPS) is 16.5. The van der Waals surface area contributed by atoms with Gasteiger partial charge in [-0.05, 0) is 35.4 Å². The van der Waals surface area contributed by atoms with E-state index in [0.29, 0.717) is 22.3 Å². The van der Waals surface area contributed by atoms with Gasteiger partial charge in [0.1, 0.15) is 23.1 Å². The van der Waals surface area contributed by atoms with Crippen molar-refractivity contribution in [3.63, 3.8) is 0 Å². The summed E-state index contributed by atoms with van der Waals surface area (Å²) < 4.78 is 5.06. The van der Waals surface area contributed by atoms with Gasteiger partial charge in [-0.1, -0.05) is 40.2 Å². The van der Waals surface area contributed by atoms with Gasteiger partial charge >= 0.3 is 5.97 Å². The Balaban J connectivity index is 0.000000203. The van der Waals surface area contributed by atoms with Crippen molar-refractivity contribution in [2.24, 2.45) is 0 Å². The standard InChI is InChI=1S/C11H5N3O.C9H6BrNO2/c12-5-8-2-1-3-9(4-8)10-11(6-13,7-14)15-10;10-8(9(12)13)7-3-1-2-6(4-7)5-11/h1-4,10H;1-4,8H,(H,12,13). The van der Waals surface area contributed by atoms with Crippen LogP contribution in [0.1, 0.15) is 33.2 Å². The second-order valence-electron chi connectivity index (χ2n) is 5.63. The first kappa shape index (κ1) is 20.6. The summed E-state index contributed by atoms with van der Waals surface area (Å²) in [5.41, 5.74) is 0.869. The van der Waals surface area contributed by atoms with Gasteiger partial charge in [0.25, 0.3) is 5.60 Å². The number of rotatable bonds is 3. The minimum Gasteiger partial charge on any atom is -0.480 e. The Labute approximate surface area is 169 Å². The molecular formula is C20H11BrN4O3. The zero-order valence-electron chi connectivity index (χ0n) is 14.2. The van der Waals surface area contributed by atoms with Gasteiger partial charge < -0.3 is 9.84 Å². The van der Waals surface area contributed by atoms with Crippen molar-refractivity contribution in [2.75, 3.05) is 0 Å². The molecular weight excluding hydrogens is 424 g/mol. The highest BCUT2D eigenvalue weighted by molar-refractivity contribution is 9.09. The molecule has 28 heavy (non-hydrogen) atoms. The predicted molar refractivity (Wildman–Crippen MR) is 99.4 cm³/mol. The fraction of sp³-hybridized carbons (Fsp3) is 0.150. The number of ether oxygens (including phenoxy) is 1. The van der Waals surface area contributed by atoms with E-state index in [9.17, 15) is 4.79 Å². The first-order valence-corrected chi connectivity index (χ1v) is 8.69. The first-order chi connectivity index (χ1) is 13.4. The number of epoxide rings is 1. The van der Waals surface area contributed by atoms with E-state index in [1.54, 1.807) is 48.5 Å². The molecule has 1 N–H and O–H groups in total. The highest BCUT2D eigenvalue weighted by atomic mass is 79.9. The number of hydrogen-bond donors (Lipinski definition) is 1. The number of alkyl halides is 1. The highest BCUT2D eigenvalue weighted by Gasteiger charge is 2.59. The number of carboxylic acid groups (broad SMARTS) is 1. The first-order valence-electron chi connectivity index (χ1n) is 7.78. The summed E-state index contributed by atoms with van der Waals surface area (Å²) in [5, 5.41) is 43.4. The van der Waals surface area contributed by atoms with Crippen molar-refractivity contribution in [1.29, 1.82) is 21.0 Å². The SMILES string of the molecule is N#Cc1cccc(C(Br)C(=O)O)c1.N#Cc1cccc(C2OC2(C#N)C#N)c1. The number of halogens is 1. The molecule has 8 heteroatoms. The van der Waals surface area contributed by atoms with Crippen LogP contribution < -0.4 is 0 Å². The predicted octanol–water partition coefficient (Wildman–Crippen LogP) is 3.49. The Morgan fingerprint density at radius 3 is 2.11 bits per heavy atom. The Kier molecular flexibility index (Phi) is 6.48. The molecule has 0 saturated carbocycles. The second kappa shape index (κ2) is 8.80. The summed E-state index contributed by atoms with van der Waals surface area (Å²) >= 11 is 3.00. The van der Waals surface area contributed by atoms with Gasteiger partial charge in [-0.3, -0.25) is 4.79 Å². The van der Waals surface area contributed by atoms with Crippen LogP contribution in [0, 0.1) is 45.3 Å². The summed E-state index contributed by atoms with van der Waals surface area (Å²) in [6.07, 6.45) is -0.527. The number of aliphatic carboxylic acids is 1. The van der Waals surface area contributed by atoms with Crippen LogP contribution in [0.15, 0.2) is 48.5 Å². The molecule has 3 rings (SSSR count). The van der Waals surface area contributed by atoms with Gasteiger partial charge in [0, 0.05) is 0 Å². The average molecular weight is 435 g/mol. The smallest absolute Gasteiger partial charge is 0.321 e. The topological polar surface area (TPSA) is 145 Å². The zero-order valence-corrected chi connectivity index (χ0v) is 15.8. The van der Waals surface area contributed by atoms with E-state index in [-0.39, 0.29) is 0 Å². The molecule has 0 amide bonds. The Hall–Kier alpha value is -3.69. The minimum absolute atomic E-state index is 0.461. The molecule has 0 radical (unpaired) electrons. The largest absolute Gasteiger partial charge is 0.480 e. The zero-order chi connectivity index (χ0) is 20.7. The van der Waals surface area contributed by atoms with Crippen LogP contribution in [0.5, 0.6) is 0 Å². The summed E-state index contributed by atoms with van der Waals surface area (Å²) in [5.74, 6) is -0.963. The second-order valence-corrected chi connectivity index (χ2v) is 6.55. The van der Waals surface area contributed by atoms with E-state index in [1.807, 2.05) is 24.3 Å². The van der Waals surface area contributed by atoms with Crippen LogP contribution in [0.25, 0.3) is 0 Å². The molecule has 2 atom stereocenters. The number of benzene rings is 2. The molecule has 7 nitrogen and oxygen atoms in total. The Morgan fingerprint density at radius 2 is 1.61 bits per heavy atom. The fourth-order valence-electron chi connectivity index (χ4n) is 2.33. The van der Waals surface area contributed by atoms with Crippen molar-refractivity contribution in [3.8, 4) is 24.3 Å². The molecule has 0 spiro atoms. The quantitative estimate of drug-likeness (QED) is 0.574. The van der Waals surface area contributed by atoms with E-state index >= 15 is 0 Å². The number of nitriles is 4. The average Bonchev–Trinajstić information content (AvgIpc) is 3.49. The van der Waals surface area contributed by atoms with Gasteiger partial charge in [0.05, 0.1) is 23.3 Å². The van der Waals surface area contributed by atoms with E-state index < -0.39 is 22.5 Å². The molecule has 0 aromatic heterocycles. The highest BCUT2D eigenvalue weighted by Crippen LogP contribution is 2.48. The third kappa shape index (κ3) is 4.53. The van der Waals surface area contributed by atoms with Crippen molar-refractivity contribution < 1.29 is 14.6 Å². The summed E-state index contributed by atoms with van der Waals surface area (Å²) in [7, 11) is 0. The lowest BCUT2D eigenvalue weighted by Gasteiger charge is -2.03. The monoisotopic (exact) mass is 434 g/mol. The lowest BCUT2D eigenvalue weighted by Crippen LogP contribution is -2.04. The number of hydrogen-bond acceptors (Lipinski definition) is 6. The van der Waals surface area contributed by atoms with Crippen LogP contribution in [-0.2, 0) is 9.53 Å². The van der Waals surface area contributed by atoms with Crippen molar-refractivity contribution in [1.82, 2.24) is 0 Å². The molecule has 0 aliphatic carbocycles. The van der Waals surface area contributed by atoms with Crippen molar-refractivity contribution >= 4 is 21.9 Å². The summed E-state index contributed by atoms with van der Waals surface area (Å²) in [4.78, 5) is 9.82. The Bertz CT molecular complexity index is 1060. The molecule has 1 fully saturated rings. The molecule has 136 valence electrons. The third-order valence-corrected chi connectivity index (χ3v) is 4.71. The van der Waals surface area contributed by atoms with E-state index in [4.69, 9.17) is 30.9 Å². The maximum absolute atomic E-state index is 10.6. The van der Waals surface area contributed by atoms with Crippen molar-refractivity contribution in [3.05, 3.63) is 70.8 Å². The lowest BCUT2D eigenvalue weighted by molar-refractivity contribution is -0.136. The molecule has 2 aromatic rings. The van der Waals surface area contributed by atoms with Gasteiger partial charge in [0.15, 0.2) is 0 Å². The molecule has 2 aromatic carbocycles. The van der Waals surface area contributed by atoms with E-state index in [0.717, 1.165) is 0 Å². The van der Waals surface area contributed by atoms with E-state index in [2.05, 4.69) is 15.9 Å². The minimum atomic E-state index is -1.35. The summed E-state index contributed by atoms with van der Waals surface area (Å²) in [6.45, 7) is 0. The summed E-state index contributed by atoms with van der Waals surface area (Å²) in [6, 6.07) is 20.8. The van der Waals surface area contributed by atoms with Crippen LogP contribution in [0.2, 0.25) is 0 Å². The Morgan fingerprint density at radius 1 is 1.04 bits per heavy atom. The lowest BCUT2D eigenvalue weighted by atomic mass is 10.0. The number of carboxylic acids is 1. The van der Waals surface area contributed by atoms with Gasteiger partial charge in [-0.15, -0.1) is 0 Å². The number of carbonyl (C=O) groups is 1. The molecule has 1 heterocycles. The molecule has 0 bridgehead atoms. The molecule has 2 unspecified atom stereocenters. The van der Waals surface area contributed by atoms with Gasteiger partial charge in [-0.25, -0.2) is 0 Å². The molecule has 1 aliphatic rings.